The summed E-state index contributed by atoms with van der Waals surface area (Å²) < 4.78 is 0. The minimum Gasteiger partial charge on any atom is -0.355 e. The Bertz CT molecular complexity index is 540. The molecule has 4 heteroatoms. The molecular weight excluding hydrogens is 264 g/mol. The molecule has 0 spiro atoms. The summed E-state index contributed by atoms with van der Waals surface area (Å²) >= 11 is 0. The first kappa shape index (κ1) is 15.3. The maximum Gasteiger partial charge on any atom is 0.251 e. The van der Waals surface area contributed by atoms with Crippen LogP contribution in [0.2, 0.25) is 0 Å². The van der Waals surface area contributed by atoms with Gasteiger partial charge in [0.1, 0.15) is 0 Å². The van der Waals surface area contributed by atoms with E-state index in [-0.39, 0.29) is 17.9 Å². The lowest BCUT2D eigenvalue weighted by Gasteiger charge is -2.25. The third kappa shape index (κ3) is 3.94. The Kier molecular flexibility index (Phi) is 4.78. The molecule has 1 saturated carbocycles. The zero-order valence-corrected chi connectivity index (χ0v) is 12.8. The lowest BCUT2D eigenvalue weighted by molar-refractivity contribution is -0.128. The first-order chi connectivity index (χ1) is 10.0. The van der Waals surface area contributed by atoms with Gasteiger partial charge >= 0.3 is 0 Å². The Morgan fingerprint density at radius 3 is 2.33 bits per heavy atom. The molecule has 0 unspecified atom stereocenters. The molecule has 2 amide bonds. The van der Waals surface area contributed by atoms with Crippen molar-refractivity contribution < 1.29 is 9.59 Å². The number of amides is 2. The van der Waals surface area contributed by atoms with Crippen molar-refractivity contribution in [2.45, 2.75) is 38.8 Å². The fraction of sp³-hybridized carbons (Fsp3) is 0.412. The molecule has 1 aromatic rings. The van der Waals surface area contributed by atoms with Gasteiger partial charge in [-0.1, -0.05) is 12.1 Å². The maximum absolute atomic E-state index is 12.2. The second-order valence-electron chi connectivity index (χ2n) is 5.60. The van der Waals surface area contributed by atoms with Crippen LogP contribution in [0.15, 0.2) is 30.3 Å². The molecule has 1 aliphatic rings. The van der Waals surface area contributed by atoms with Gasteiger partial charge in [-0.25, -0.2) is 0 Å². The Hall–Kier alpha value is -2.10. The monoisotopic (exact) mass is 286 g/mol. The van der Waals surface area contributed by atoms with E-state index < -0.39 is 0 Å². The maximum atomic E-state index is 12.2. The predicted octanol–water partition coefficient (Wildman–Crippen LogP) is 2.46. The minimum atomic E-state index is -0.110. The van der Waals surface area contributed by atoms with Crippen molar-refractivity contribution >= 4 is 17.9 Å². The SMILES string of the molecule is CNC(=O)c1ccc(/C=C/C(=O)N(C(C)C)C2CC2)cc1. The average molecular weight is 286 g/mol. The fourth-order valence-electron chi connectivity index (χ4n) is 2.35. The second-order valence-corrected chi connectivity index (χ2v) is 5.60. The lowest BCUT2D eigenvalue weighted by Crippen LogP contribution is -2.37. The molecule has 0 atom stereocenters. The van der Waals surface area contributed by atoms with Crippen LogP contribution in [0.25, 0.3) is 6.08 Å². The van der Waals surface area contributed by atoms with Crippen LogP contribution in [-0.4, -0.2) is 35.8 Å². The molecule has 0 radical (unpaired) electrons. The van der Waals surface area contributed by atoms with Crippen LogP contribution in [0.5, 0.6) is 0 Å². The van der Waals surface area contributed by atoms with Crippen LogP contribution in [0, 0.1) is 0 Å². The number of hydrogen-bond donors (Lipinski definition) is 1. The van der Waals surface area contributed by atoms with Crippen LogP contribution in [0.4, 0.5) is 0 Å². The molecule has 4 nitrogen and oxygen atoms in total. The molecular formula is C17H22N2O2. The summed E-state index contributed by atoms with van der Waals surface area (Å²) in [6.07, 6.45) is 5.64. The van der Waals surface area contributed by atoms with Gasteiger partial charge in [0, 0.05) is 30.8 Å². The van der Waals surface area contributed by atoms with E-state index in [1.165, 1.54) is 0 Å². The van der Waals surface area contributed by atoms with Crippen LogP contribution in [0.3, 0.4) is 0 Å². The van der Waals surface area contributed by atoms with E-state index in [0.717, 1.165) is 18.4 Å². The Balaban J connectivity index is 2.03. The minimum absolute atomic E-state index is 0.0582. The largest absolute Gasteiger partial charge is 0.355 e. The van der Waals surface area contributed by atoms with Gasteiger partial charge in [-0.05, 0) is 50.5 Å². The molecule has 21 heavy (non-hydrogen) atoms. The smallest absolute Gasteiger partial charge is 0.251 e. The topological polar surface area (TPSA) is 49.4 Å². The third-order valence-electron chi connectivity index (χ3n) is 3.57. The molecule has 2 rings (SSSR count). The molecule has 1 N–H and O–H groups in total. The lowest BCUT2D eigenvalue weighted by atomic mass is 10.1. The summed E-state index contributed by atoms with van der Waals surface area (Å²) in [5, 5.41) is 2.58. The molecule has 1 fully saturated rings. The van der Waals surface area contributed by atoms with Gasteiger partial charge in [-0.15, -0.1) is 0 Å². The van der Waals surface area contributed by atoms with Gasteiger partial charge in [0.2, 0.25) is 5.91 Å². The van der Waals surface area contributed by atoms with Crippen LogP contribution < -0.4 is 5.32 Å². The van der Waals surface area contributed by atoms with Crippen LogP contribution in [-0.2, 0) is 4.79 Å². The normalized spacial score (nSPS) is 14.5. The molecule has 0 aliphatic heterocycles. The molecule has 0 aromatic heterocycles. The molecule has 0 bridgehead atoms. The van der Waals surface area contributed by atoms with E-state index in [9.17, 15) is 9.59 Å². The average Bonchev–Trinajstić information content (AvgIpc) is 3.29. The van der Waals surface area contributed by atoms with E-state index in [2.05, 4.69) is 5.32 Å². The highest BCUT2D eigenvalue weighted by Crippen LogP contribution is 2.28. The molecule has 0 heterocycles. The Morgan fingerprint density at radius 2 is 1.86 bits per heavy atom. The van der Waals surface area contributed by atoms with E-state index >= 15 is 0 Å². The van der Waals surface area contributed by atoms with Crippen molar-refractivity contribution in [2.24, 2.45) is 0 Å². The second kappa shape index (κ2) is 6.57. The number of hydrogen-bond acceptors (Lipinski definition) is 2. The summed E-state index contributed by atoms with van der Waals surface area (Å²) in [7, 11) is 1.60. The van der Waals surface area contributed by atoms with Gasteiger partial charge in [0.25, 0.3) is 5.91 Å². The van der Waals surface area contributed by atoms with Crippen LogP contribution >= 0.6 is 0 Å². The van der Waals surface area contributed by atoms with E-state index in [0.29, 0.717) is 11.6 Å². The summed E-state index contributed by atoms with van der Waals surface area (Å²) in [4.78, 5) is 25.6. The highest BCUT2D eigenvalue weighted by molar-refractivity contribution is 5.95. The van der Waals surface area contributed by atoms with Crippen molar-refractivity contribution in [2.75, 3.05) is 7.05 Å². The van der Waals surface area contributed by atoms with Gasteiger partial charge in [0.05, 0.1) is 0 Å². The number of nitrogens with one attached hydrogen (secondary N) is 1. The van der Waals surface area contributed by atoms with Gasteiger partial charge in [-0.2, -0.15) is 0 Å². The number of rotatable bonds is 5. The number of benzene rings is 1. The molecule has 1 aliphatic carbocycles. The summed E-state index contributed by atoms with van der Waals surface area (Å²) in [6, 6.07) is 7.83. The first-order valence-electron chi connectivity index (χ1n) is 7.35. The van der Waals surface area contributed by atoms with E-state index in [4.69, 9.17) is 0 Å². The molecule has 1 aromatic carbocycles. The number of carbonyl (C=O) groups is 2. The standard InChI is InChI=1S/C17H22N2O2/c1-12(2)19(15-9-10-15)16(20)11-6-13-4-7-14(8-5-13)17(21)18-3/h4-8,11-12,15H,9-10H2,1-3H3,(H,18,21)/b11-6+. The van der Waals surface area contributed by atoms with Gasteiger partial charge in [0.15, 0.2) is 0 Å². The van der Waals surface area contributed by atoms with Crippen LogP contribution in [0.1, 0.15) is 42.6 Å². The third-order valence-corrected chi connectivity index (χ3v) is 3.57. The predicted molar refractivity (Wildman–Crippen MR) is 83.9 cm³/mol. The Morgan fingerprint density at radius 1 is 1.24 bits per heavy atom. The quantitative estimate of drug-likeness (QED) is 0.845. The Labute approximate surface area is 125 Å². The summed E-state index contributed by atoms with van der Waals surface area (Å²) in [6.45, 7) is 4.09. The highest BCUT2D eigenvalue weighted by Gasteiger charge is 2.33. The molecule has 112 valence electrons. The number of nitrogens with zero attached hydrogens (tertiary/aromatic N) is 1. The highest BCUT2D eigenvalue weighted by atomic mass is 16.2. The van der Waals surface area contributed by atoms with Crippen molar-refractivity contribution in [3.63, 3.8) is 0 Å². The zero-order valence-electron chi connectivity index (χ0n) is 12.8. The van der Waals surface area contributed by atoms with Crippen molar-refractivity contribution in [3.8, 4) is 0 Å². The van der Waals surface area contributed by atoms with E-state index in [1.54, 1.807) is 31.3 Å². The van der Waals surface area contributed by atoms with E-state index in [1.807, 2.05) is 30.9 Å². The summed E-state index contributed by atoms with van der Waals surface area (Å²) in [5.74, 6) is -0.0517. The fourth-order valence-corrected chi connectivity index (χ4v) is 2.35. The van der Waals surface area contributed by atoms with Crippen molar-refractivity contribution in [3.05, 3.63) is 41.5 Å². The number of carbonyl (C=O) groups excluding carboxylic acids is 2. The first-order valence-corrected chi connectivity index (χ1v) is 7.35. The molecule has 0 saturated heterocycles. The van der Waals surface area contributed by atoms with Gasteiger partial charge < -0.3 is 10.2 Å². The summed E-state index contributed by atoms with van der Waals surface area (Å²) in [5.41, 5.74) is 1.53. The van der Waals surface area contributed by atoms with Crippen molar-refractivity contribution in [1.29, 1.82) is 0 Å². The zero-order chi connectivity index (χ0) is 15.4. The van der Waals surface area contributed by atoms with Gasteiger partial charge in [-0.3, -0.25) is 9.59 Å². The van der Waals surface area contributed by atoms with Crippen molar-refractivity contribution in [1.82, 2.24) is 10.2 Å².